The summed E-state index contributed by atoms with van der Waals surface area (Å²) in [5.41, 5.74) is 2.98. The van der Waals surface area contributed by atoms with Gasteiger partial charge in [-0.25, -0.2) is 0 Å². The van der Waals surface area contributed by atoms with Crippen molar-refractivity contribution in [3.63, 3.8) is 0 Å². The summed E-state index contributed by atoms with van der Waals surface area (Å²) >= 11 is 6.02. The summed E-state index contributed by atoms with van der Waals surface area (Å²) in [6.07, 6.45) is 12.7. The number of rotatable bonds is 5. The minimum atomic E-state index is -0.217. The van der Waals surface area contributed by atoms with Crippen LogP contribution < -0.4 is 0 Å². The van der Waals surface area contributed by atoms with E-state index in [9.17, 15) is 10.2 Å². The Hall–Kier alpha value is -1.09. The average molecular weight is 443 g/mol. The molecule has 1 aromatic rings. The maximum Gasteiger partial charge on any atom is 0.0546 e. The molecule has 0 bridgehead atoms. The van der Waals surface area contributed by atoms with Crippen LogP contribution in [0.2, 0.25) is 5.02 Å². The molecule has 0 saturated heterocycles. The Morgan fingerprint density at radius 1 is 1.10 bits per heavy atom. The quantitative estimate of drug-likeness (QED) is 0.504. The Balaban J connectivity index is 1.56. The number of fused-ring (bicyclic) bond motifs is 1. The van der Waals surface area contributed by atoms with Gasteiger partial charge in [-0.1, -0.05) is 61.9 Å². The molecule has 0 radical (unpaired) electrons. The van der Waals surface area contributed by atoms with E-state index in [0.717, 1.165) is 43.5 Å². The van der Waals surface area contributed by atoms with Gasteiger partial charge in [0.1, 0.15) is 0 Å². The third-order valence-corrected chi connectivity index (χ3v) is 9.73. The fraction of sp³-hybridized carbons (Fsp3) is 0.643. The minimum absolute atomic E-state index is 0.119. The van der Waals surface area contributed by atoms with E-state index < -0.39 is 0 Å². The smallest absolute Gasteiger partial charge is 0.0546 e. The molecule has 2 unspecified atom stereocenters. The predicted molar refractivity (Wildman–Crippen MR) is 129 cm³/mol. The van der Waals surface area contributed by atoms with Crippen LogP contribution in [0.15, 0.2) is 48.6 Å². The second-order valence-electron chi connectivity index (χ2n) is 11.0. The molecule has 2 nitrogen and oxygen atoms in total. The van der Waals surface area contributed by atoms with Gasteiger partial charge in [0.25, 0.3) is 0 Å². The molecule has 3 heteroatoms. The second kappa shape index (κ2) is 9.04. The Morgan fingerprint density at radius 3 is 2.55 bits per heavy atom. The van der Waals surface area contributed by atoms with E-state index in [1.165, 1.54) is 24.0 Å². The SMILES string of the molecule is C=C1CCC2[C@@H](CO)C([C@@]3(C)CC[C@H](O)C[C@@H]3/C=C/Cc3ccc(Cl)cc3)CC[C@@]12C. The average Bonchev–Trinajstić information content (AvgIpc) is 3.06. The lowest BCUT2D eigenvalue weighted by atomic mass is 9.49. The maximum absolute atomic E-state index is 10.5. The molecule has 170 valence electrons. The van der Waals surface area contributed by atoms with Gasteiger partial charge in [0.2, 0.25) is 0 Å². The lowest BCUT2D eigenvalue weighted by Gasteiger charge is -2.56. The molecule has 0 heterocycles. The van der Waals surface area contributed by atoms with Gasteiger partial charge < -0.3 is 10.2 Å². The van der Waals surface area contributed by atoms with Gasteiger partial charge in [-0.2, -0.15) is 0 Å². The van der Waals surface area contributed by atoms with Gasteiger partial charge in [0, 0.05) is 11.6 Å². The van der Waals surface area contributed by atoms with Crippen LogP contribution in [-0.4, -0.2) is 22.9 Å². The van der Waals surface area contributed by atoms with Crippen LogP contribution >= 0.6 is 11.6 Å². The molecule has 4 rings (SSSR count). The number of benzene rings is 1. The van der Waals surface area contributed by atoms with Crippen LogP contribution in [0.5, 0.6) is 0 Å². The molecule has 0 aliphatic heterocycles. The zero-order chi connectivity index (χ0) is 22.2. The van der Waals surface area contributed by atoms with Crippen molar-refractivity contribution in [2.24, 2.45) is 34.5 Å². The van der Waals surface area contributed by atoms with Crippen LogP contribution in [0.1, 0.15) is 64.4 Å². The largest absolute Gasteiger partial charge is 0.396 e. The van der Waals surface area contributed by atoms with Gasteiger partial charge in [-0.3, -0.25) is 0 Å². The third kappa shape index (κ3) is 4.28. The highest BCUT2D eigenvalue weighted by molar-refractivity contribution is 6.30. The lowest BCUT2D eigenvalue weighted by Crippen LogP contribution is -2.50. The van der Waals surface area contributed by atoms with Crippen molar-refractivity contribution in [3.8, 4) is 0 Å². The molecular weight excluding hydrogens is 404 g/mol. The van der Waals surface area contributed by atoms with E-state index in [1.54, 1.807) is 0 Å². The normalized spacial score (nSPS) is 40.9. The van der Waals surface area contributed by atoms with E-state index in [4.69, 9.17) is 11.6 Å². The number of hydrogen-bond donors (Lipinski definition) is 2. The number of aliphatic hydroxyl groups excluding tert-OH is 2. The number of aliphatic hydroxyl groups is 2. The van der Waals surface area contributed by atoms with E-state index >= 15 is 0 Å². The first kappa shape index (κ1) is 23.1. The van der Waals surface area contributed by atoms with Crippen LogP contribution in [0.3, 0.4) is 0 Å². The molecule has 1 aromatic carbocycles. The highest BCUT2D eigenvalue weighted by Crippen LogP contribution is 2.63. The molecule has 31 heavy (non-hydrogen) atoms. The molecule has 3 aliphatic carbocycles. The van der Waals surface area contributed by atoms with Crippen molar-refractivity contribution >= 4 is 11.6 Å². The van der Waals surface area contributed by atoms with E-state index in [2.05, 4.69) is 44.7 Å². The first-order valence-corrected chi connectivity index (χ1v) is 12.5. The standard InChI is InChI=1S/C28H39ClO2/c1-19-7-12-25-24(18-30)26(14-16-27(19,25)2)28(3)15-13-23(31)17-21(28)6-4-5-20-8-10-22(29)11-9-20/h4,6,8-11,21,23-26,30-31H,1,5,7,12-18H2,2-3H3/b6-4+/t21-,23-,24+,25?,26?,27-,28-/m0/s1. The van der Waals surface area contributed by atoms with Gasteiger partial charge in [0.15, 0.2) is 0 Å². The van der Waals surface area contributed by atoms with Gasteiger partial charge in [0.05, 0.1) is 6.10 Å². The van der Waals surface area contributed by atoms with Crippen molar-refractivity contribution in [3.05, 3.63) is 59.2 Å². The fourth-order valence-corrected chi connectivity index (χ4v) is 7.48. The molecular formula is C28H39ClO2. The molecule has 2 N–H and O–H groups in total. The number of hydrogen-bond acceptors (Lipinski definition) is 2. The topological polar surface area (TPSA) is 40.5 Å². The summed E-state index contributed by atoms with van der Waals surface area (Å²) in [5.74, 6) is 1.73. The molecule has 0 amide bonds. The summed E-state index contributed by atoms with van der Waals surface area (Å²) in [6.45, 7) is 9.51. The summed E-state index contributed by atoms with van der Waals surface area (Å²) in [5, 5.41) is 21.8. The molecule has 0 aromatic heterocycles. The van der Waals surface area contributed by atoms with Crippen molar-refractivity contribution in [1.82, 2.24) is 0 Å². The summed E-state index contributed by atoms with van der Waals surface area (Å²) < 4.78 is 0. The lowest BCUT2D eigenvalue weighted by molar-refractivity contribution is -0.0825. The third-order valence-electron chi connectivity index (χ3n) is 9.47. The van der Waals surface area contributed by atoms with E-state index in [-0.39, 0.29) is 23.5 Å². The van der Waals surface area contributed by atoms with E-state index in [1.807, 2.05) is 12.1 Å². The highest BCUT2D eigenvalue weighted by Gasteiger charge is 2.56. The minimum Gasteiger partial charge on any atom is -0.396 e. The Labute approximate surface area is 193 Å². The second-order valence-corrected chi connectivity index (χ2v) is 11.4. The first-order chi connectivity index (χ1) is 14.8. The van der Waals surface area contributed by atoms with Crippen molar-refractivity contribution in [1.29, 1.82) is 0 Å². The van der Waals surface area contributed by atoms with Crippen molar-refractivity contribution in [2.45, 2.75) is 71.3 Å². The first-order valence-electron chi connectivity index (χ1n) is 12.2. The zero-order valence-corrected chi connectivity index (χ0v) is 20.0. The summed E-state index contributed by atoms with van der Waals surface area (Å²) in [7, 11) is 0. The summed E-state index contributed by atoms with van der Waals surface area (Å²) in [4.78, 5) is 0. The molecule has 3 saturated carbocycles. The van der Waals surface area contributed by atoms with Crippen molar-refractivity contribution in [2.75, 3.05) is 6.61 Å². The fourth-order valence-electron chi connectivity index (χ4n) is 7.36. The van der Waals surface area contributed by atoms with Gasteiger partial charge in [-0.05, 0) is 104 Å². The maximum atomic E-state index is 10.5. The molecule has 7 atom stereocenters. The Bertz CT molecular complexity index is 815. The number of allylic oxidation sites excluding steroid dienone is 3. The van der Waals surface area contributed by atoms with Crippen molar-refractivity contribution < 1.29 is 10.2 Å². The zero-order valence-electron chi connectivity index (χ0n) is 19.2. The van der Waals surface area contributed by atoms with Crippen LogP contribution in [0.25, 0.3) is 0 Å². The predicted octanol–water partition coefficient (Wildman–Crippen LogP) is 6.60. The van der Waals surface area contributed by atoms with Crippen LogP contribution in [-0.2, 0) is 6.42 Å². The monoisotopic (exact) mass is 442 g/mol. The Morgan fingerprint density at radius 2 is 1.84 bits per heavy atom. The van der Waals surface area contributed by atoms with Crippen LogP contribution in [0.4, 0.5) is 0 Å². The number of halogens is 1. The molecule has 0 spiro atoms. The van der Waals surface area contributed by atoms with E-state index in [0.29, 0.717) is 23.7 Å². The molecule has 3 aliphatic rings. The molecule has 3 fully saturated rings. The van der Waals surface area contributed by atoms with Gasteiger partial charge >= 0.3 is 0 Å². The van der Waals surface area contributed by atoms with Gasteiger partial charge in [-0.15, -0.1) is 0 Å². The highest BCUT2D eigenvalue weighted by atomic mass is 35.5. The summed E-state index contributed by atoms with van der Waals surface area (Å²) in [6, 6.07) is 8.05. The Kier molecular flexibility index (Phi) is 6.73. The van der Waals surface area contributed by atoms with Crippen LogP contribution in [0, 0.1) is 34.5 Å².